The number of benzene rings is 1. The maximum atomic E-state index is 12.8. The third-order valence-corrected chi connectivity index (χ3v) is 4.71. The van der Waals surface area contributed by atoms with E-state index in [1.54, 1.807) is 6.20 Å². The minimum Gasteiger partial charge on any atom is -0.339 e. The zero-order valence-electron chi connectivity index (χ0n) is 12.1. The van der Waals surface area contributed by atoms with Crippen LogP contribution in [0.25, 0.3) is 10.9 Å². The third-order valence-electron chi connectivity index (χ3n) is 4.36. The van der Waals surface area contributed by atoms with Crippen molar-refractivity contribution in [2.75, 3.05) is 13.1 Å². The Morgan fingerprint density at radius 2 is 2.00 bits per heavy atom. The first-order chi connectivity index (χ1) is 10.2. The predicted octanol–water partition coefficient (Wildman–Crippen LogP) is 3.71. The van der Waals surface area contributed by atoms with Crippen LogP contribution in [0.4, 0.5) is 0 Å². The maximum Gasteiger partial charge on any atom is 0.254 e. The summed E-state index contributed by atoms with van der Waals surface area (Å²) in [5.74, 6) is 0.624. The van der Waals surface area contributed by atoms with Crippen LogP contribution in [0.1, 0.15) is 30.1 Å². The minimum absolute atomic E-state index is 0.106. The molecule has 21 heavy (non-hydrogen) atoms. The van der Waals surface area contributed by atoms with Gasteiger partial charge in [-0.1, -0.05) is 18.2 Å². The fourth-order valence-electron chi connectivity index (χ4n) is 3.01. The van der Waals surface area contributed by atoms with Gasteiger partial charge in [0, 0.05) is 30.0 Å². The van der Waals surface area contributed by atoms with Crippen LogP contribution < -0.4 is 0 Å². The molecule has 1 amide bonds. The van der Waals surface area contributed by atoms with Gasteiger partial charge >= 0.3 is 0 Å². The molecule has 1 aliphatic heterocycles. The molecule has 0 radical (unpaired) electrons. The molecule has 2 heterocycles. The van der Waals surface area contributed by atoms with Crippen molar-refractivity contribution in [2.24, 2.45) is 5.92 Å². The van der Waals surface area contributed by atoms with Gasteiger partial charge in [-0.2, -0.15) is 0 Å². The highest BCUT2D eigenvalue weighted by molar-refractivity contribution is 6.20. The molecule has 1 unspecified atom stereocenters. The second-order valence-electron chi connectivity index (χ2n) is 5.68. The van der Waals surface area contributed by atoms with Gasteiger partial charge < -0.3 is 4.90 Å². The quantitative estimate of drug-likeness (QED) is 0.792. The molecular weight excluding hydrogens is 284 g/mol. The Kier molecular flexibility index (Phi) is 4.11. The molecule has 0 bridgehead atoms. The van der Waals surface area contributed by atoms with Gasteiger partial charge in [-0.25, -0.2) is 0 Å². The summed E-state index contributed by atoms with van der Waals surface area (Å²) in [7, 11) is 0. The zero-order valence-corrected chi connectivity index (χ0v) is 12.9. The van der Waals surface area contributed by atoms with Gasteiger partial charge in [0.1, 0.15) is 0 Å². The highest BCUT2D eigenvalue weighted by atomic mass is 35.5. The molecule has 3 rings (SSSR count). The number of amides is 1. The number of alkyl halides is 1. The molecule has 3 nitrogen and oxygen atoms in total. The topological polar surface area (TPSA) is 33.2 Å². The first kappa shape index (κ1) is 14.3. The summed E-state index contributed by atoms with van der Waals surface area (Å²) < 4.78 is 0. The van der Waals surface area contributed by atoms with Crippen molar-refractivity contribution in [3.05, 3.63) is 42.1 Å². The zero-order chi connectivity index (χ0) is 14.8. The molecule has 0 spiro atoms. The summed E-state index contributed by atoms with van der Waals surface area (Å²) in [5.41, 5.74) is 1.62. The minimum atomic E-state index is 0.106. The summed E-state index contributed by atoms with van der Waals surface area (Å²) in [5, 5.41) is 1.11. The molecule has 0 N–H and O–H groups in total. The number of likely N-dealkylation sites (tertiary alicyclic amines) is 1. The van der Waals surface area contributed by atoms with E-state index in [9.17, 15) is 4.79 Å². The van der Waals surface area contributed by atoms with Crippen molar-refractivity contribution in [3.8, 4) is 0 Å². The Hall–Kier alpha value is -1.61. The summed E-state index contributed by atoms with van der Waals surface area (Å²) in [6, 6.07) is 9.61. The molecule has 2 aromatic rings. The number of nitrogens with zero attached hydrogens (tertiary/aromatic N) is 2. The van der Waals surface area contributed by atoms with Gasteiger partial charge in [-0.3, -0.25) is 9.78 Å². The van der Waals surface area contributed by atoms with Crippen LogP contribution in [0.5, 0.6) is 0 Å². The summed E-state index contributed by atoms with van der Waals surface area (Å²) in [6.07, 6.45) is 3.68. The Balaban J connectivity index is 1.82. The monoisotopic (exact) mass is 302 g/mol. The van der Waals surface area contributed by atoms with Crippen LogP contribution in [0.15, 0.2) is 36.5 Å². The predicted molar refractivity (Wildman–Crippen MR) is 85.7 cm³/mol. The fourth-order valence-corrected chi connectivity index (χ4v) is 3.27. The number of aromatic nitrogens is 1. The van der Waals surface area contributed by atoms with Gasteiger partial charge in [0.05, 0.1) is 11.1 Å². The molecule has 1 saturated heterocycles. The van der Waals surface area contributed by atoms with E-state index in [1.165, 1.54) is 0 Å². The van der Waals surface area contributed by atoms with Crippen LogP contribution in [-0.2, 0) is 0 Å². The van der Waals surface area contributed by atoms with Gasteiger partial charge in [0.25, 0.3) is 5.91 Å². The standard InChI is InChI=1S/C17H19ClN2O/c1-12(18)13-7-10-20(11-8-13)17(21)15-6-9-19-16-5-3-2-4-14(15)16/h2-6,9,12-13H,7-8,10-11H2,1H3. The number of para-hydroxylation sites is 1. The Bertz CT molecular complexity index is 643. The Labute approximate surface area is 129 Å². The van der Waals surface area contributed by atoms with Crippen molar-refractivity contribution in [2.45, 2.75) is 25.1 Å². The van der Waals surface area contributed by atoms with Crippen molar-refractivity contribution in [3.63, 3.8) is 0 Å². The van der Waals surface area contributed by atoms with E-state index < -0.39 is 0 Å². The van der Waals surface area contributed by atoms with Crippen LogP contribution >= 0.6 is 11.6 Å². The molecule has 4 heteroatoms. The lowest BCUT2D eigenvalue weighted by Gasteiger charge is -2.33. The first-order valence-corrected chi connectivity index (χ1v) is 7.87. The van der Waals surface area contributed by atoms with E-state index in [2.05, 4.69) is 4.98 Å². The van der Waals surface area contributed by atoms with Crippen LogP contribution in [-0.4, -0.2) is 34.3 Å². The number of rotatable bonds is 2. The third kappa shape index (κ3) is 2.88. The van der Waals surface area contributed by atoms with E-state index in [4.69, 9.17) is 11.6 Å². The van der Waals surface area contributed by atoms with E-state index in [0.717, 1.165) is 42.4 Å². The Morgan fingerprint density at radius 3 is 2.71 bits per heavy atom. The number of fused-ring (bicyclic) bond motifs is 1. The summed E-state index contributed by atoms with van der Waals surface area (Å²) in [4.78, 5) is 19.0. The van der Waals surface area contributed by atoms with E-state index in [1.807, 2.05) is 42.2 Å². The molecule has 1 aliphatic rings. The molecule has 1 aromatic carbocycles. The second kappa shape index (κ2) is 6.02. The van der Waals surface area contributed by atoms with Crippen LogP contribution in [0, 0.1) is 5.92 Å². The van der Waals surface area contributed by atoms with Crippen molar-refractivity contribution in [1.82, 2.24) is 9.88 Å². The first-order valence-electron chi connectivity index (χ1n) is 7.44. The fraction of sp³-hybridized carbons (Fsp3) is 0.412. The SMILES string of the molecule is CC(Cl)C1CCN(C(=O)c2ccnc3ccccc23)CC1. The largest absolute Gasteiger partial charge is 0.339 e. The molecule has 110 valence electrons. The molecule has 0 saturated carbocycles. The van der Waals surface area contributed by atoms with Gasteiger partial charge in [0.15, 0.2) is 0 Å². The van der Waals surface area contributed by atoms with E-state index >= 15 is 0 Å². The number of halogens is 1. The van der Waals surface area contributed by atoms with Crippen molar-refractivity contribution >= 4 is 28.4 Å². The van der Waals surface area contributed by atoms with Crippen molar-refractivity contribution < 1.29 is 4.79 Å². The highest BCUT2D eigenvalue weighted by Gasteiger charge is 2.26. The molecule has 1 aromatic heterocycles. The molecule has 1 fully saturated rings. The number of carbonyl (C=O) groups is 1. The van der Waals surface area contributed by atoms with E-state index in [-0.39, 0.29) is 11.3 Å². The lowest BCUT2D eigenvalue weighted by atomic mass is 9.93. The number of carbonyl (C=O) groups excluding carboxylic acids is 1. The highest BCUT2D eigenvalue weighted by Crippen LogP contribution is 2.26. The van der Waals surface area contributed by atoms with Crippen LogP contribution in [0.3, 0.4) is 0 Å². The lowest BCUT2D eigenvalue weighted by Crippen LogP contribution is -2.40. The number of piperidine rings is 1. The average molecular weight is 303 g/mol. The maximum absolute atomic E-state index is 12.8. The molecular formula is C17H19ClN2O. The average Bonchev–Trinajstić information content (AvgIpc) is 2.53. The molecule has 0 aliphatic carbocycles. The summed E-state index contributed by atoms with van der Waals surface area (Å²) in [6.45, 7) is 3.62. The summed E-state index contributed by atoms with van der Waals surface area (Å²) >= 11 is 6.17. The van der Waals surface area contributed by atoms with Gasteiger partial charge in [0.2, 0.25) is 0 Å². The van der Waals surface area contributed by atoms with Crippen LogP contribution in [0.2, 0.25) is 0 Å². The van der Waals surface area contributed by atoms with Gasteiger partial charge in [-0.15, -0.1) is 11.6 Å². The van der Waals surface area contributed by atoms with Gasteiger partial charge in [-0.05, 0) is 37.8 Å². The Morgan fingerprint density at radius 1 is 1.29 bits per heavy atom. The number of hydrogen-bond acceptors (Lipinski definition) is 2. The molecule has 1 atom stereocenters. The van der Waals surface area contributed by atoms with Crippen molar-refractivity contribution in [1.29, 1.82) is 0 Å². The normalized spacial score (nSPS) is 17.9. The lowest BCUT2D eigenvalue weighted by molar-refractivity contribution is 0.0692. The smallest absolute Gasteiger partial charge is 0.254 e. The van der Waals surface area contributed by atoms with E-state index in [0.29, 0.717) is 5.92 Å². The number of pyridine rings is 1. The number of hydrogen-bond donors (Lipinski definition) is 0. The second-order valence-corrected chi connectivity index (χ2v) is 6.37.